The number of nitrogens with one attached hydrogen (secondary N) is 1. The molecule has 6 rings (SSSR count). The minimum atomic E-state index is -4.98. The van der Waals surface area contributed by atoms with Crippen LogP contribution in [0.1, 0.15) is 61.4 Å². The molecule has 2 aromatic carbocycles. The van der Waals surface area contributed by atoms with E-state index in [0.29, 0.717) is 22.4 Å². The molecule has 204 valence electrons. The number of hydrogen-bond acceptors (Lipinski definition) is 7. The first-order valence-corrected chi connectivity index (χ1v) is 12.0. The highest BCUT2D eigenvalue weighted by Gasteiger charge is 2.45. The Morgan fingerprint density at radius 1 is 1.08 bits per heavy atom. The van der Waals surface area contributed by atoms with Gasteiger partial charge < -0.3 is 14.4 Å². The lowest BCUT2D eigenvalue weighted by Crippen LogP contribution is -2.32. The Labute approximate surface area is 218 Å². The third-order valence-corrected chi connectivity index (χ3v) is 6.87. The van der Waals surface area contributed by atoms with Crippen molar-refractivity contribution in [1.29, 1.82) is 0 Å². The van der Waals surface area contributed by atoms with Crippen molar-refractivity contribution in [2.24, 2.45) is 0 Å². The number of fused-ring (bicyclic) bond motifs is 9. The molecule has 0 unspecified atom stereocenters. The van der Waals surface area contributed by atoms with Crippen LogP contribution in [-0.2, 0) is 10.3 Å². The van der Waals surface area contributed by atoms with Crippen LogP contribution in [0.5, 0.6) is 5.75 Å². The number of ether oxygens (including phenoxy) is 2. The first kappa shape index (κ1) is 25.6. The van der Waals surface area contributed by atoms with Gasteiger partial charge in [-0.2, -0.15) is 8.78 Å². The molecule has 13 heteroatoms. The van der Waals surface area contributed by atoms with E-state index in [4.69, 9.17) is 4.74 Å². The molecule has 0 aliphatic carbocycles. The molecule has 2 aromatic heterocycles. The monoisotopic (exact) mass is 547 g/mol. The third kappa shape index (κ3) is 4.60. The van der Waals surface area contributed by atoms with Crippen molar-refractivity contribution >= 4 is 11.0 Å². The van der Waals surface area contributed by atoms with Gasteiger partial charge in [0.05, 0.1) is 23.1 Å². The van der Waals surface area contributed by atoms with Gasteiger partial charge in [0.2, 0.25) is 0 Å². The van der Waals surface area contributed by atoms with Crippen molar-refractivity contribution in [2.45, 2.75) is 57.2 Å². The number of aliphatic hydroxyl groups is 1. The Hall–Kier alpha value is -3.68. The summed E-state index contributed by atoms with van der Waals surface area (Å²) in [7, 11) is 0. The summed E-state index contributed by atoms with van der Waals surface area (Å²) < 4.78 is 77.6. The second-order valence-electron chi connectivity index (χ2n) is 9.95. The fourth-order valence-electron chi connectivity index (χ4n) is 5.33. The average Bonchev–Trinajstić information content (AvgIpc) is 3.33. The number of halogens is 5. The molecule has 0 fully saturated rings. The number of nitrogens with zero attached hydrogens (tertiary/aromatic N) is 4. The summed E-state index contributed by atoms with van der Waals surface area (Å²) in [4.78, 5) is 13.2. The summed E-state index contributed by atoms with van der Waals surface area (Å²) >= 11 is 0. The van der Waals surface area contributed by atoms with Gasteiger partial charge >= 0.3 is 13.0 Å². The molecule has 4 aromatic rings. The van der Waals surface area contributed by atoms with Crippen LogP contribution in [0.2, 0.25) is 0 Å². The Kier molecular flexibility index (Phi) is 5.86. The standard InChI is InChI=1S/C26H22F5N5O3/c1-25(2,37)23-32-10-13(11-33-23)12-6-7-15-17(8-12)36-18-9-16(21(36)34-15)35-22(39-26(29,30)31)14-4-3-5-19(20(14)18)38-24(27)28/h3-8,10-11,16,18,22,24,35,37H,9H2,1-2H3/t16-,18-,22+/m1/s1. The number of hydrogen-bond donors (Lipinski definition) is 2. The molecule has 8 nitrogen and oxygen atoms in total. The van der Waals surface area contributed by atoms with Gasteiger partial charge in [0.1, 0.15) is 23.4 Å². The van der Waals surface area contributed by atoms with Crippen LogP contribution >= 0.6 is 0 Å². The Morgan fingerprint density at radius 3 is 2.49 bits per heavy atom. The Balaban J connectivity index is 1.49. The average molecular weight is 547 g/mol. The van der Waals surface area contributed by atoms with Crippen LogP contribution in [-0.4, -0.2) is 37.6 Å². The number of aromatic nitrogens is 4. The van der Waals surface area contributed by atoms with Crippen molar-refractivity contribution in [1.82, 2.24) is 24.8 Å². The topological polar surface area (TPSA) is 94.3 Å². The number of rotatable bonds is 5. The van der Waals surface area contributed by atoms with Crippen LogP contribution in [0.3, 0.4) is 0 Å². The maximum atomic E-state index is 13.3. The molecule has 39 heavy (non-hydrogen) atoms. The maximum absolute atomic E-state index is 13.3. The second-order valence-corrected chi connectivity index (χ2v) is 9.95. The normalized spacial score (nSPS) is 20.7. The van der Waals surface area contributed by atoms with E-state index in [-0.39, 0.29) is 29.1 Å². The molecular weight excluding hydrogens is 525 g/mol. The quantitative estimate of drug-likeness (QED) is 0.319. The Bertz CT molecular complexity index is 1550. The van der Waals surface area contributed by atoms with Gasteiger partial charge in [-0.25, -0.2) is 15.0 Å². The summed E-state index contributed by atoms with van der Waals surface area (Å²) in [5.41, 5.74) is 1.63. The second kappa shape index (κ2) is 8.93. The van der Waals surface area contributed by atoms with E-state index < -0.39 is 36.9 Å². The lowest BCUT2D eigenvalue weighted by molar-refractivity contribution is -0.349. The summed E-state index contributed by atoms with van der Waals surface area (Å²) in [6, 6.07) is 8.16. The number of alkyl halides is 5. The van der Waals surface area contributed by atoms with Crippen molar-refractivity contribution in [2.75, 3.05) is 0 Å². The summed E-state index contributed by atoms with van der Waals surface area (Å²) in [5.74, 6) is 0.480. The van der Waals surface area contributed by atoms with Gasteiger partial charge in [-0.1, -0.05) is 18.2 Å². The fourth-order valence-corrected chi connectivity index (χ4v) is 5.33. The van der Waals surface area contributed by atoms with Gasteiger partial charge in [-0.05, 0) is 44.0 Å². The SMILES string of the molecule is CC(C)(O)c1ncc(-c2ccc3nc4n(c3c2)[C@@H]2C[C@H]4N[C@@H](OC(F)(F)F)c3cccc(OC(F)F)c32)cn1. The summed E-state index contributed by atoms with van der Waals surface area (Å²) in [5, 5.41) is 13.0. The summed E-state index contributed by atoms with van der Waals surface area (Å²) in [6.07, 6.45) is -3.21. The van der Waals surface area contributed by atoms with Crippen LogP contribution in [0.4, 0.5) is 22.0 Å². The maximum Gasteiger partial charge on any atom is 0.524 e. The van der Waals surface area contributed by atoms with E-state index in [1.807, 2.05) is 10.6 Å². The van der Waals surface area contributed by atoms with Crippen LogP contribution in [0, 0.1) is 0 Å². The van der Waals surface area contributed by atoms with Crippen molar-refractivity contribution in [3.63, 3.8) is 0 Å². The molecule has 0 saturated heterocycles. The van der Waals surface area contributed by atoms with Gasteiger partial charge in [-0.3, -0.25) is 10.1 Å². The molecule has 2 bridgehead atoms. The largest absolute Gasteiger partial charge is 0.524 e. The number of benzene rings is 2. The van der Waals surface area contributed by atoms with Crippen molar-refractivity contribution < 1.29 is 36.5 Å². The number of imidazole rings is 1. The molecule has 2 N–H and O–H groups in total. The van der Waals surface area contributed by atoms with Crippen LogP contribution in [0.15, 0.2) is 48.8 Å². The molecule has 0 radical (unpaired) electrons. The zero-order valence-electron chi connectivity index (χ0n) is 20.6. The predicted molar refractivity (Wildman–Crippen MR) is 128 cm³/mol. The van der Waals surface area contributed by atoms with E-state index in [0.717, 1.165) is 5.56 Å². The highest BCUT2D eigenvalue weighted by Crippen LogP contribution is 2.50. The molecule has 2 aliphatic heterocycles. The molecular formula is C26H22F5N5O3. The van der Waals surface area contributed by atoms with E-state index >= 15 is 0 Å². The highest BCUT2D eigenvalue weighted by molar-refractivity contribution is 5.83. The Morgan fingerprint density at radius 2 is 1.82 bits per heavy atom. The molecule has 0 spiro atoms. The minimum absolute atomic E-state index is 0.0530. The highest BCUT2D eigenvalue weighted by atomic mass is 19.4. The third-order valence-electron chi connectivity index (χ3n) is 6.87. The van der Waals surface area contributed by atoms with Crippen LogP contribution < -0.4 is 10.1 Å². The molecule has 3 atom stereocenters. The predicted octanol–water partition coefficient (Wildman–Crippen LogP) is 5.49. The lowest BCUT2D eigenvalue weighted by atomic mass is 9.97. The smallest absolute Gasteiger partial charge is 0.434 e. The minimum Gasteiger partial charge on any atom is -0.434 e. The molecule has 2 aliphatic rings. The molecule has 0 amide bonds. The van der Waals surface area contributed by atoms with Gasteiger partial charge in [0.15, 0.2) is 5.82 Å². The fraction of sp³-hybridized carbons (Fsp3) is 0.346. The van der Waals surface area contributed by atoms with Gasteiger partial charge in [0.25, 0.3) is 0 Å². The van der Waals surface area contributed by atoms with Crippen molar-refractivity contribution in [3.8, 4) is 16.9 Å². The zero-order valence-corrected chi connectivity index (χ0v) is 20.6. The molecule has 0 saturated carbocycles. The van der Waals surface area contributed by atoms with E-state index in [9.17, 15) is 27.1 Å². The first-order valence-electron chi connectivity index (χ1n) is 12.0. The molecule has 4 heterocycles. The van der Waals surface area contributed by atoms with Crippen LogP contribution in [0.25, 0.3) is 22.2 Å². The van der Waals surface area contributed by atoms with E-state index in [1.165, 1.54) is 18.2 Å². The van der Waals surface area contributed by atoms with Gasteiger partial charge in [0, 0.05) is 29.1 Å². The lowest BCUT2D eigenvalue weighted by Gasteiger charge is -2.27. The zero-order chi connectivity index (χ0) is 27.7. The van der Waals surface area contributed by atoms with E-state index in [1.54, 1.807) is 38.4 Å². The summed E-state index contributed by atoms with van der Waals surface area (Å²) in [6.45, 7) is -0.0249. The first-order chi connectivity index (χ1) is 18.4. The van der Waals surface area contributed by atoms with Crippen molar-refractivity contribution in [3.05, 3.63) is 71.6 Å². The van der Waals surface area contributed by atoms with Gasteiger partial charge in [-0.15, -0.1) is 13.2 Å². The van der Waals surface area contributed by atoms with E-state index in [2.05, 4.69) is 25.0 Å².